The maximum atomic E-state index is 13.0. The maximum absolute atomic E-state index is 13.0. The molecular weight excluding hydrogens is 410 g/mol. The Morgan fingerprint density at radius 3 is 2.03 bits per heavy atom. The zero-order chi connectivity index (χ0) is 21.7. The maximum Gasteiger partial charge on any atom is 0.416 e. The first-order valence-electron chi connectivity index (χ1n) is 7.69. The number of benzene rings is 1. The van der Waals surface area contributed by atoms with Gasteiger partial charge in [-0.2, -0.15) is 36.1 Å². The van der Waals surface area contributed by atoms with Gasteiger partial charge in [0.25, 0.3) is 0 Å². The van der Waals surface area contributed by atoms with E-state index in [1.54, 1.807) is 0 Å². The van der Waals surface area contributed by atoms with Crippen LogP contribution in [0.4, 0.5) is 32.0 Å². The van der Waals surface area contributed by atoms with Crippen LogP contribution in [0.15, 0.2) is 24.5 Å². The number of hydrogen-bond acceptors (Lipinski definition) is 5. The number of aryl methyl sites for hydroxylation is 2. The molecule has 0 unspecified atom stereocenters. The minimum absolute atomic E-state index is 0.0180. The fourth-order valence-electron chi connectivity index (χ4n) is 2.69. The van der Waals surface area contributed by atoms with Crippen LogP contribution in [0.3, 0.4) is 0 Å². The van der Waals surface area contributed by atoms with E-state index in [1.165, 1.54) is 14.0 Å². The second-order valence-electron chi connectivity index (χ2n) is 5.95. The molecule has 29 heavy (non-hydrogen) atoms. The lowest BCUT2D eigenvalue weighted by atomic mass is 10.0. The molecule has 8 nitrogen and oxygen atoms in total. The molecule has 1 aromatic carbocycles. The van der Waals surface area contributed by atoms with Crippen molar-refractivity contribution < 1.29 is 31.3 Å². The highest BCUT2D eigenvalue weighted by atomic mass is 19.4. The summed E-state index contributed by atoms with van der Waals surface area (Å²) >= 11 is 0. The van der Waals surface area contributed by atoms with E-state index in [9.17, 15) is 36.5 Å². The third-order valence-electron chi connectivity index (χ3n) is 3.90. The Morgan fingerprint density at radius 1 is 1.00 bits per heavy atom. The Labute approximate surface area is 157 Å². The van der Waals surface area contributed by atoms with Crippen LogP contribution in [0.25, 0.3) is 17.2 Å². The van der Waals surface area contributed by atoms with E-state index < -0.39 is 45.5 Å². The Kier molecular flexibility index (Phi) is 4.59. The summed E-state index contributed by atoms with van der Waals surface area (Å²) in [5.74, 6) is -0.635. The first-order valence-corrected chi connectivity index (χ1v) is 7.69. The van der Waals surface area contributed by atoms with Crippen LogP contribution in [0.1, 0.15) is 16.8 Å². The van der Waals surface area contributed by atoms with Crippen LogP contribution < -0.4 is 0 Å². The van der Waals surface area contributed by atoms with Crippen LogP contribution in [0.2, 0.25) is 0 Å². The van der Waals surface area contributed by atoms with E-state index in [2.05, 4.69) is 15.2 Å². The molecule has 0 saturated heterocycles. The number of nitro groups is 1. The molecule has 0 atom stereocenters. The molecule has 3 aromatic rings. The van der Waals surface area contributed by atoms with Gasteiger partial charge >= 0.3 is 18.0 Å². The Bertz CT molecular complexity index is 1070. The van der Waals surface area contributed by atoms with Crippen molar-refractivity contribution in [3.05, 3.63) is 51.5 Å². The summed E-state index contributed by atoms with van der Waals surface area (Å²) in [6.07, 6.45) is -9.13. The smallest absolute Gasteiger partial charge is 0.258 e. The van der Waals surface area contributed by atoms with Gasteiger partial charge in [0.15, 0.2) is 5.82 Å². The van der Waals surface area contributed by atoms with Crippen LogP contribution in [0.5, 0.6) is 0 Å². The first kappa shape index (κ1) is 20.3. The molecule has 0 N–H and O–H groups in total. The second kappa shape index (κ2) is 6.56. The molecule has 0 amide bonds. The predicted octanol–water partition coefficient (Wildman–Crippen LogP) is 3.92. The van der Waals surface area contributed by atoms with E-state index in [0.717, 1.165) is 15.7 Å². The zero-order valence-corrected chi connectivity index (χ0v) is 14.6. The second-order valence-corrected chi connectivity index (χ2v) is 5.95. The zero-order valence-electron chi connectivity index (χ0n) is 14.6. The van der Waals surface area contributed by atoms with Crippen molar-refractivity contribution >= 4 is 5.69 Å². The van der Waals surface area contributed by atoms with Gasteiger partial charge in [0.1, 0.15) is 12.0 Å². The summed E-state index contributed by atoms with van der Waals surface area (Å²) in [7, 11) is 1.36. The fourth-order valence-corrected chi connectivity index (χ4v) is 2.69. The van der Waals surface area contributed by atoms with E-state index in [-0.39, 0.29) is 17.6 Å². The molecular formula is C15H10F6N6O2. The lowest BCUT2D eigenvalue weighted by molar-refractivity contribution is -0.385. The first-order chi connectivity index (χ1) is 13.3. The fraction of sp³-hybridized carbons (Fsp3) is 0.267. The Balaban J connectivity index is 2.16. The molecule has 3 rings (SSSR count). The third kappa shape index (κ3) is 3.77. The van der Waals surface area contributed by atoms with Crippen molar-refractivity contribution in [2.45, 2.75) is 19.3 Å². The van der Waals surface area contributed by atoms with E-state index in [1.807, 2.05) is 0 Å². The van der Waals surface area contributed by atoms with Crippen molar-refractivity contribution in [1.82, 2.24) is 24.5 Å². The topological polar surface area (TPSA) is 91.7 Å². The quantitative estimate of drug-likeness (QED) is 0.364. The van der Waals surface area contributed by atoms with Crippen molar-refractivity contribution in [2.24, 2.45) is 7.05 Å². The highest BCUT2D eigenvalue weighted by molar-refractivity contribution is 5.59. The number of nitrogens with zero attached hydrogens (tertiary/aromatic N) is 6. The summed E-state index contributed by atoms with van der Waals surface area (Å²) in [6.45, 7) is 1.36. The third-order valence-corrected chi connectivity index (χ3v) is 3.90. The van der Waals surface area contributed by atoms with Crippen LogP contribution in [-0.2, 0) is 19.4 Å². The highest BCUT2D eigenvalue weighted by Gasteiger charge is 2.37. The van der Waals surface area contributed by atoms with E-state index >= 15 is 0 Å². The van der Waals surface area contributed by atoms with Gasteiger partial charge in [-0.1, -0.05) is 0 Å². The number of rotatable bonds is 3. The number of hydrogen-bond donors (Lipinski definition) is 0. The summed E-state index contributed by atoms with van der Waals surface area (Å²) in [5.41, 5.74) is -3.98. The monoisotopic (exact) mass is 420 g/mol. The largest absolute Gasteiger partial charge is 0.416 e. The minimum Gasteiger partial charge on any atom is -0.258 e. The Morgan fingerprint density at radius 2 is 1.55 bits per heavy atom. The molecule has 2 heterocycles. The number of alkyl halides is 6. The van der Waals surface area contributed by atoms with Gasteiger partial charge in [0.2, 0.25) is 5.82 Å². The van der Waals surface area contributed by atoms with Crippen molar-refractivity contribution in [3.8, 4) is 17.2 Å². The highest BCUT2D eigenvalue weighted by Crippen LogP contribution is 2.38. The lowest BCUT2D eigenvalue weighted by Gasteiger charge is -2.13. The predicted molar refractivity (Wildman–Crippen MR) is 85.0 cm³/mol. The van der Waals surface area contributed by atoms with Gasteiger partial charge in [-0.3, -0.25) is 10.1 Å². The van der Waals surface area contributed by atoms with Gasteiger partial charge in [0.05, 0.1) is 16.1 Å². The minimum atomic E-state index is -5.03. The van der Waals surface area contributed by atoms with Crippen LogP contribution in [-0.4, -0.2) is 29.5 Å². The lowest BCUT2D eigenvalue weighted by Crippen LogP contribution is -2.11. The number of halogens is 6. The van der Waals surface area contributed by atoms with Crippen molar-refractivity contribution in [1.29, 1.82) is 0 Å². The molecule has 0 bridgehead atoms. The Hall–Kier alpha value is -3.45. The molecule has 14 heteroatoms. The molecule has 0 spiro atoms. The average Bonchev–Trinajstić information content (AvgIpc) is 3.16. The molecule has 2 aromatic heterocycles. The van der Waals surface area contributed by atoms with Crippen molar-refractivity contribution in [3.63, 3.8) is 0 Å². The molecule has 0 aliphatic carbocycles. The molecule has 0 saturated carbocycles. The summed E-state index contributed by atoms with van der Waals surface area (Å²) < 4.78 is 80.1. The molecule has 154 valence electrons. The van der Waals surface area contributed by atoms with Gasteiger partial charge in [-0.05, 0) is 25.1 Å². The van der Waals surface area contributed by atoms with Gasteiger partial charge in [0, 0.05) is 12.6 Å². The van der Waals surface area contributed by atoms with Crippen LogP contribution >= 0.6 is 0 Å². The molecule has 0 aliphatic rings. The van der Waals surface area contributed by atoms with Gasteiger partial charge in [-0.15, -0.1) is 5.10 Å². The normalized spacial score (nSPS) is 12.4. The standard InChI is InChI=1S/C15H10F6N6O2/c1-7-11(27(28)29)13(25(2)23-7)26-6-22-12(24-26)8-3-9(14(16,17)18)5-10(4-8)15(19,20)21/h3-6H,1-2H3. The van der Waals surface area contributed by atoms with Crippen LogP contribution in [0, 0.1) is 17.0 Å². The van der Waals surface area contributed by atoms with Crippen molar-refractivity contribution in [2.75, 3.05) is 0 Å². The molecule has 0 radical (unpaired) electrons. The molecule has 0 fully saturated rings. The SMILES string of the molecule is Cc1nn(C)c(-n2cnc(-c3cc(C(F)(F)F)cc(C(F)(F)F)c3)n2)c1[N+](=O)[O-]. The van der Waals surface area contributed by atoms with Gasteiger partial charge in [-0.25, -0.2) is 9.67 Å². The van der Waals surface area contributed by atoms with Gasteiger partial charge < -0.3 is 0 Å². The molecule has 0 aliphatic heterocycles. The average molecular weight is 420 g/mol. The summed E-state index contributed by atoms with van der Waals surface area (Å²) in [4.78, 5) is 14.2. The summed E-state index contributed by atoms with van der Waals surface area (Å²) in [6, 6.07) is 0.922. The number of aromatic nitrogens is 5. The summed E-state index contributed by atoms with van der Waals surface area (Å²) in [5, 5.41) is 18.9. The van der Waals surface area contributed by atoms with E-state index in [0.29, 0.717) is 12.1 Å². The van der Waals surface area contributed by atoms with E-state index in [4.69, 9.17) is 0 Å².